The summed E-state index contributed by atoms with van der Waals surface area (Å²) in [5, 5.41) is 1.30. The highest BCUT2D eigenvalue weighted by molar-refractivity contribution is 5.87. The highest BCUT2D eigenvalue weighted by Crippen LogP contribution is 2.35. The van der Waals surface area contributed by atoms with Crippen LogP contribution in [0.5, 0.6) is 5.75 Å². The number of hydrogen-bond acceptors (Lipinski definition) is 2. The van der Waals surface area contributed by atoms with Gasteiger partial charge in [0.15, 0.2) is 0 Å². The predicted molar refractivity (Wildman–Crippen MR) is 59.4 cm³/mol. The standard InChI is InChI=1S/C13H14O2/c1-14-11-6-7-12-13-9(8-15-12)4-2-3-5-10(11)13/h6-8H,2-5H2,1H3. The maximum absolute atomic E-state index is 5.56. The van der Waals surface area contributed by atoms with Crippen LogP contribution in [0.25, 0.3) is 11.0 Å². The molecule has 0 fully saturated rings. The summed E-state index contributed by atoms with van der Waals surface area (Å²) in [4.78, 5) is 0. The van der Waals surface area contributed by atoms with Crippen molar-refractivity contribution in [1.82, 2.24) is 0 Å². The minimum atomic E-state index is 1.00. The first kappa shape index (κ1) is 8.84. The third kappa shape index (κ3) is 1.24. The largest absolute Gasteiger partial charge is 0.496 e. The van der Waals surface area contributed by atoms with Crippen LogP contribution in [-0.4, -0.2) is 7.11 Å². The van der Waals surface area contributed by atoms with Gasteiger partial charge in [0.1, 0.15) is 11.3 Å². The van der Waals surface area contributed by atoms with Crippen LogP contribution in [-0.2, 0) is 12.8 Å². The van der Waals surface area contributed by atoms with Gasteiger partial charge in [-0.2, -0.15) is 0 Å². The molecule has 0 spiro atoms. The van der Waals surface area contributed by atoms with Gasteiger partial charge in [-0.25, -0.2) is 0 Å². The molecule has 78 valence electrons. The zero-order valence-electron chi connectivity index (χ0n) is 8.88. The van der Waals surface area contributed by atoms with Crippen molar-refractivity contribution < 1.29 is 9.15 Å². The maximum Gasteiger partial charge on any atom is 0.134 e. The quantitative estimate of drug-likeness (QED) is 0.707. The fourth-order valence-electron chi connectivity index (χ4n) is 2.49. The molecule has 0 bridgehead atoms. The van der Waals surface area contributed by atoms with Crippen LogP contribution in [0.2, 0.25) is 0 Å². The minimum Gasteiger partial charge on any atom is -0.496 e. The zero-order chi connectivity index (χ0) is 10.3. The van der Waals surface area contributed by atoms with E-state index < -0.39 is 0 Å². The molecule has 2 aromatic rings. The van der Waals surface area contributed by atoms with Gasteiger partial charge >= 0.3 is 0 Å². The lowest BCUT2D eigenvalue weighted by Crippen LogP contribution is -1.91. The highest BCUT2D eigenvalue weighted by Gasteiger charge is 2.17. The number of furan rings is 1. The van der Waals surface area contributed by atoms with Crippen LogP contribution in [0.3, 0.4) is 0 Å². The lowest BCUT2D eigenvalue weighted by molar-refractivity contribution is 0.410. The summed E-state index contributed by atoms with van der Waals surface area (Å²) in [6.45, 7) is 0. The van der Waals surface area contributed by atoms with Crippen molar-refractivity contribution >= 4 is 11.0 Å². The fraction of sp³-hybridized carbons (Fsp3) is 0.385. The Morgan fingerprint density at radius 2 is 2.07 bits per heavy atom. The van der Waals surface area contributed by atoms with Crippen LogP contribution in [0.15, 0.2) is 22.8 Å². The number of methoxy groups -OCH3 is 1. The van der Waals surface area contributed by atoms with Crippen molar-refractivity contribution in [2.24, 2.45) is 0 Å². The van der Waals surface area contributed by atoms with E-state index in [4.69, 9.17) is 9.15 Å². The minimum absolute atomic E-state index is 1.00. The normalized spacial score (nSPS) is 15.3. The van der Waals surface area contributed by atoms with E-state index in [0.29, 0.717) is 0 Å². The molecule has 1 aliphatic rings. The van der Waals surface area contributed by atoms with Crippen molar-refractivity contribution in [1.29, 1.82) is 0 Å². The zero-order valence-corrected chi connectivity index (χ0v) is 8.88. The van der Waals surface area contributed by atoms with Crippen molar-refractivity contribution in [3.05, 3.63) is 29.5 Å². The van der Waals surface area contributed by atoms with E-state index >= 15 is 0 Å². The topological polar surface area (TPSA) is 22.4 Å². The van der Waals surface area contributed by atoms with E-state index in [9.17, 15) is 0 Å². The Morgan fingerprint density at radius 1 is 1.20 bits per heavy atom. The fourth-order valence-corrected chi connectivity index (χ4v) is 2.49. The second kappa shape index (κ2) is 3.30. The Labute approximate surface area is 88.8 Å². The molecule has 1 heterocycles. The molecule has 0 unspecified atom stereocenters. The molecule has 3 rings (SSSR count). The van der Waals surface area contributed by atoms with E-state index in [1.807, 2.05) is 18.4 Å². The van der Waals surface area contributed by atoms with E-state index in [1.165, 1.54) is 29.4 Å². The first-order chi connectivity index (χ1) is 7.40. The average Bonchev–Trinajstić information content (AvgIpc) is 2.55. The van der Waals surface area contributed by atoms with Gasteiger partial charge in [-0.15, -0.1) is 0 Å². The van der Waals surface area contributed by atoms with E-state index in [1.54, 1.807) is 7.11 Å². The van der Waals surface area contributed by atoms with Crippen LogP contribution in [0.1, 0.15) is 24.0 Å². The summed E-state index contributed by atoms with van der Waals surface area (Å²) in [6, 6.07) is 4.02. The SMILES string of the molecule is COc1ccc2occ3c2c1CCCC3. The Hall–Kier alpha value is -1.44. The molecular formula is C13H14O2. The Balaban J connectivity index is 2.36. The number of ether oxygens (including phenoxy) is 1. The molecule has 2 nitrogen and oxygen atoms in total. The van der Waals surface area contributed by atoms with E-state index in [2.05, 4.69) is 0 Å². The molecule has 0 atom stereocenters. The predicted octanol–water partition coefficient (Wildman–Crippen LogP) is 3.32. The second-order valence-corrected chi connectivity index (χ2v) is 4.09. The van der Waals surface area contributed by atoms with Crippen LogP contribution >= 0.6 is 0 Å². The van der Waals surface area contributed by atoms with Crippen molar-refractivity contribution in [2.45, 2.75) is 25.7 Å². The van der Waals surface area contributed by atoms with Gasteiger partial charge in [-0.05, 0) is 43.4 Å². The summed E-state index contributed by atoms with van der Waals surface area (Å²) in [6.07, 6.45) is 6.62. The first-order valence-corrected chi connectivity index (χ1v) is 5.46. The molecule has 0 amide bonds. The second-order valence-electron chi connectivity index (χ2n) is 4.09. The Morgan fingerprint density at radius 3 is 2.93 bits per heavy atom. The summed E-state index contributed by atoms with van der Waals surface area (Å²) < 4.78 is 11.0. The van der Waals surface area contributed by atoms with Gasteiger partial charge < -0.3 is 9.15 Å². The van der Waals surface area contributed by atoms with Crippen LogP contribution in [0, 0.1) is 0 Å². The maximum atomic E-state index is 5.56. The Bertz CT molecular complexity index is 496. The molecule has 0 aliphatic heterocycles. The third-order valence-electron chi connectivity index (χ3n) is 3.22. The summed E-state index contributed by atoms with van der Waals surface area (Å²) >= 11 is 0. The third-order valence-corrected chi connectivity index (χ3v) is 3.22. The molecule has 15 heavy (non-hydrogen) atoms. The van der Waals surface area contributed by atoms with Gasteiger partial charge in [-0.1, -0.05) is 0 Å². The summed E-state index contributed by atoms with van der Waals surface area (Å²) in [5.41, 5.74) is 3.68. The molecule has 0 saturated heterocycles. The molecule has 1 aromatic carbocycles. The molecule has 0 saturated carbocycles. The number of aryl methyl sites for hydroxylation is 2. The molecule has 0 N–H and O–H groups in total. The van der Waals surface area contributed by atoms with Crippen molar-refractivity contribution in [3.8, 4) is 5.75 Å². The van der Waals surface area contributed by atoms with Crippen molar-refractivity contribution in [3.63, 3.8) is 0 Å². The molecule has 2 heteroatoms. The highest BCUT2D eigenvalue weighted by atomic mass is 16.5. The molecule has 1 aliphatic carbocycles. The lowest BCUT2D eigenvalue weighted by atomic mass is 10.0. The van der Waals surface area contributed by atoms with Crippen LogP contribution < -0.4 is 4.74 Å². The number of rotatable bonds is 1. The van der Waals surface area contributed by atoms with Crippen molar-refractivity contribution in [2.75, 3.05) is 7.11 Å². The van der Waals surface area contributed by atoms with Gasteiger partial charge in [0.25, 0.3) is 0 Å². The molecular weight excluding hydrogens is 188 g/mol. The summed E-state index contributed by atoms with van der Waals surface area (Å²) in [7, 11) is 1.74. The number of benzene rings is 1. The average molecular weight is 202 g/mol. The Kier molecular flexibility index (Phi) is 1.94. The van der Waals surface area contributed by atoms with Gasteiger partial charge in [0.2, 0.25) is 0 Å². The first-order valence-electron chi connectivity index (χ1n) is 5.46. The number of hydrogen-bond donors (Lipinski definition) is 0. The molecule has 0 radical (unpaired) electrons. The van der Waals surface area contributed by atoms with E-state index in [0.717, 1.165) is 24.2 Å². The van der Waals surface area contributed by atoms with Gasteiger partial charge in [0.05, 0.1) is 13.4 Å². The summed E-state index contributed by atoms with van der Waals surface area (Å²) in [5.74, 6) is 1.01. The lowest BCUT2D eigenvalue weighted by Gasteiger charge is -2.07. The van der Waals surface area contributed by atoms with E-state index in [-0.39, 0.29) is 0 Å². The van der Waals surface area contributed by atoms with Crippen LogP contribution in [0.4, 0.5) is 0 Å². The van der Waals surface area contributed by atoms with Gasteiger partial charge in [0, 0.05) is 10.9 Å². The molecule has 1 aromatic heterocycles. The smallest absolute Gasteiger partial charge is 0.134 e. The monoisotopic (exact) mass is 202 g/mol. The van der Waals surface area contributed by atoms with Gasteiger partial charge in [-0.3, -0.25) is 0 Å².